The van der Waals surface area contributed by atoms with Crippen LogP contribution in [0.1, 0.15) is 35.2 Å². The maximum atomic E-state index is 12.6. The monoisotopic (exact) mass is 416 g/mol. The summed E-state index contributed by atoms with van der Waals surface area (Å²) in [7, 11) is -3.51. The lowest BCUT2D eigenvalue weighted by Gasteiger charge is -2.34. The molecular weight excluding hydrogens is 392 g/mol. The van der Waals surface area contributed by atoms with Crippen LogP contribution in [0, 0.1) is 0 Å². The van der Waals surface area contributed by atoms with Crippen LogP contribution >= 0.6 is 0 Å². The summed E-state index contributed by atoms with van der Waals surface area (Å²) in [5.74, 6) is 0.250. The Morgan fingerprint density at radius 2 is 1.79 bits per heavy atom. The second kappa shape index (κ2) is 7.78. The molecule has 0 spiro atoms. The van der Waals surface area contributed by atoms with Crippen LogP contribution in [0.3, 0.4) is 0 Å². The van der Waals surface area contributed by atoms with Crippen molar-refractivity contribution in [3.05, 3.63) is 59.7 Å². The standard InChI is InChI=1S/C21H24N2O5S/c24-20(22-15-21(25)11-14-28-19-6-2-1-5-18(19)21)16-7-9-17(10-8-16)29(26,27)23-12-3-4-13-23/h1-2,5-10,25H,3-4,11-15H2,(H,22,24). The van der Waals surface area contributed by atoms with Crippen molar-refractivity contribution in [1.82, 2.24) is 9.62 Å². The van der Waals surface area contributed by atoms with Crippen LogP contribution in [0.25, 0.3) is 0 Å². The van der Waals surface area contributed by atoms with Crippen LogP contribution in [0.4, 0.5) is 0 Å². The Kier molecular flexibility index (Phi) is 5.33. The van der Waals surface area contributed by atoms with E-state index in [0.29, 0.717) is 43.0 Å². The van der Waals surface area contributed by atoms with Gasteiger partial charge in [-0.1, -0.05) is 18.2 Å². The van der Waals surface area contributed by atoms with E-state index in [1.54, 1.807) is 12.1 Å². The molecule has 1 amide bonds. The van der Waals surface area contributed by atoms with E-state index in [4.69, 9.17) is 4.74 Å². The Bertz CT molecular complexity index is 1000. The summed E-state index contributed by atoms with van der Waals surface area (Å²) in [6.07, 6.45) is 2.12. The van der Waals surface area contributed by atoms with Crippen LogP contribution in [-0.2, 0) is 15.6 Å². The first-order valence-electron chi connectivity index (χ1n) is 9.73. The molecule has 2 N–H and O–H groups in total. The third-order valence-corrected chi connectivity index (χ3v) is 7.44. The number of nitrogens with one attached hydrogen (secondary N) is 1. The van der Waals surface area contributed by atoms with E-state index in [0.717, 1.165) is 12.8 Å². The number of aliphatic hydroxyl groups is 1. The number of ether oxygens (including phenoxy) is 1. The quantitative estimate of drug-likeness (QED) is 0.776. The van der Waals surface area contributed by atoms with Crippen LogP contribution in [0.5, 0.6) is 5.75 Å². The molecule has 4 rings (SSSR count). The number of carbonyl (C=O) groups excluding carboxylic acids is 1. The van der Waals surface area contributed by atoms with Crippen LogP contribution in [0.2, 0.25) is 0 Å². The highest BCUT2D eigenvalue weighted by Gasteiger charge is 2.36. The van der Waals surface area contributed by atoms with Crippen molar-refractivity contribution < 1.29 is 23.1 Å². The molecule has 0 radical (unpaired) electrons. The first-order chi connectivity index (χ1) is 13.9. The summed E-state index contributed by atoms with van der Waals surface area (Å²) < 4.78 is 32.2. The summed E-state index contributed by atoms with van der Waals surface area (Å²) in [6, 6.07) is 13.2. The van der Waals surface area contributed by atoms with E-state index < -0.39 is 15.6 Å². The van der Waals surface area contributed by atoms with Crippen molar-refractivity contribution in [2.24, 2.45) is 0 Å². The van der Waals surface area contributed by atoms with Gasteiger partial charge in [0.15, 0.2) is 0 Å². The molecule has 1 saturated heterocycles. The Hall–Kier alpha value is -2.42. The molecule has 154 valence electrons. The molecule has 0 saturated carbocycles. The summed E-state index contributed by atoms with van der Waals surface area (Å²) in [5, 5.41) is 13.8. The number of hydrogen-bond acceptors (Lipinski definition) is 5. The van der Waals surface area contributed by atoms with Gasteiger partial charge in [0.05, 0.1) is 18.0 Å². The minimum absolute atomic E-state index is 0.0417. The fourth-order valence-electron chi connectivity index (χ4n) is 3.81. The predicted octanol–water partition coefficient (Wildman–Crippen LogP) is 1.87. The first-order valence-corrected chi connectivity index (χ1v) is 11.2. The molecule has 29 heavy (non-hydrogen) atoms. The fourth-order valence-corrected chi connectivity index (χ4v) is 5.33. The number of hydrogen-bond donors (Lipinski definition) is 2. The molecule has 8 heteroatoms. The highest BCUT2D eigenvalue weighted by molar-refractivity contribution is 7.89. The van der Waals surface area contributed by atoms with Gasteiger partial charge in [0, 0.05) is 30.6 Å². The molecule has 1 atom stereocenters. The lowest BCUT2D eigenvalue weighted by atomic mass is 9.88. The number of rotatable bonds is 5. The number of nitrogens with zero attached hydrogens (tertiary/aromatic N) is 1. The maximum absolute atomic E-state index is 12.6. The summed E-state index contributed by atoms with van der Waals surface area (Å²) in [5.41, 5.74) is -0.211. The second-order valence-corrected chi connectivity index (χ2v) is 9.38. The topological polar surface area (TPSA) is 95.9 Å². The van der Waals surface area contributed by atoms with Crippen molar-refractivity contribution in [3.8, 4) is 5.75 Å². The lowest BCUT2D eigenvalue weighted by Crippen LogP contribution is -2.43. The molecule has 0 bridgehead atoms. The second-order valence-electron chi connectivity index (χ2n) is 7.44. The fraction of sp³-hybridized carbons (Fsp3) is 0.381. The van der Waals surface area contributed by atoms with Gasteiger partial charge >= 0.3 is 0 Å². The molecule has 1 unspecified atom stereocenters. The zero-order valence-electron chi connectivity index (χ0n) is 16.0. The van der Waals surface area contributed by atoms with E-state index in [2.05, 4.69) is 5.32 Å². The first kappa shape index (κ1) is 19.9. The molecule has 2 aromatic rings. The summed E-state index contributed by atoms with van der Waals surface area (Å²) >= 11 is 0. The van der Waals surface area contributed by atoms with Gasteiger partial charge in [-0.3, -0.25) is 4.79 Å². The van der Waals surface area contributed by atoms with Crippen molar-refractivity contribution in [3.63, 3.8) is 0 Å². The number of amides is 1. The smallest absolute Gasteiger partial charge is 0.251 e. The molecule has 2 aromatic carbocycles. The van der Waals surface area contributed by atoms with E-state index >= 15 is 0 Å². The van der Waals surface area contributed by atoms with Gasteiger partial charge in [0.25, 0.3) is 5.91 Å². The third kappa shape index (κ3) is 3.88. The van der Waals surface area contributed by atoms with Gasteiger partial charge in [-0.25, -0.2) is 8.42 Å². The van der Waals surface area contributed by atoms with Gasteiger partial charge in [-0.05, 0) is 43.2 Å². The number of sulfonamides is 1. The highest BCUT2D eigenvalue weighted by Crippen LogP contribution is 2.36. The van der Waals surface area contributed by atoms with Crippen LogP contribution < -0.4 is 10.1 Å². The van der Waals surface area contributed by atoms with Crippen molar-refractivity contribution in [2.75, 3.05) is 26.2 Å². The molecule has 2 aliphatic heterocycles. The molecule has 0 aliphatic carbocycles. The zero-order chi connectivity index (χ0) is 20.5. The molecule has 2 heterocycles. The minimum atomic E-state index is -3.51. The minimum Gasteiger partial charge on any atom is -0.493 e. The Labute approximate surface area is 170 Å². The molecule has 0 aromatic heterocycles. The summed E-state index contributed by atoms with van der Waals surface area (Å²) in [6.45, 7) is 1.48. The molecule has 2 aliphatic rings. The van der Waals surface area contributed by atoms with Gasteiger partial charge in [-0.15, -0.1) is 0 Å². The molecule has 1 fully saturated rings. The Balaban J connectivity index is 1.44. The maximum Gasteiger partial charge on any atom is 0.251 e. The number of benzene rings is 2. The average molecular weight is 416 g/mol. The van der Waals surface area contributed by atoms with Gasteiger partial charge in [0.1, 0.15) is 11.4 Å². The number of carbonyl (C=O) groups is 1. The largest absolute Gasteiger partial charge is 0.493 e. The summed E-state index contributed by atoms with van der Waals surface area (Å²) in [4.78, 5) is 12.7. The van der Waals surface area contributed by atoms with Crippen LogP contribution in [-0.4, -0.2) is 50.0 Å². The van der Waals surface area contributed by atoms with Gasteiger partial charge in [0.2, 0.25) is 10.0 Å². The van der Waals surface area contributed by atoms with E-state index in [1.165, 1.54) is 28.6 Å². The average Bonchev–Trinajstić information content (AvgIpc) is 3.28. The normalized spacial score (nSPS) is 22.0. The predicted molar refractivity (Wildman–Crippen MR) is 107 cm³/mol. The van der Waals surface area contributed by atoms with E-state index in [-0.39, 0.29) is 17.3 Å². The van der Waals surface area contributed by atoms with E-state index in [1.807, 2.05) is 12.1 Å². The highest BCUT2D eigenvalue weighted by atomic mass is 32.2. The number of fused-ring (bicyclic) bond motifs is 1. The number of para-hydroxylation sites is 1. The van der Waals surface area contributed by atoms with Gasteiger partial charge in [-0.2, -0.15) is 4.31 Å². The van der Waals surface area contributed by atoms with Crippen LogP contribution in [0.15, 0.2) is 53.4 Å². The third-order valence-electron chi connectivity index (χ3n) is 5.52. The van der Waals surface area contributed by atoms with Crippen molar-refractivity contribution in [1.29, 1.82) is 0 Å². The lowest BCUT2D eigenvalue weighted by molar-refractivity contribution is -0.00160. The van der Waals surface area contributed by atoms with Crippen molar-refractivity contribution >= 4 is 15.9 Å². The Morgan fingerprint density at radius 3 is 2.52 bits per heavy atom. The Morgan fingerprint density at radius 1 is 1.10 bits per heavy atom. The van der Waals surface area contributed by atoms with E-state index in [9.17, 15) is 18.3 Å². The van der Waals surface area contributed by atoms with Crippen molar-refractivity contribution in [2.45, 2.75) is 29.8 Å². The molecular formula is C21H24N2O5S. The SMILES string of the molecule is O=C(NCC1(O)CCOc2ccccc21)c1ccc(S(=O)(=O)N2CCCC2)cc1. The molecule has 7 nitrogen and oxygen atoms in total. The van der Waals surface area contributed by atoms with Gasteiger partial charge < -0.3 is 15.2 Å². The zero-order valence-corrected chi connectivity index (χ0v) is 16.8.